The van der Waals surface area contributed by atoms with Crippen molar-refractivity contribution >= 4 is 15.9 Å². The van der Waals surface area contributed by atoms with Gasteiger partial charge in [0.1, 0.15) is 11.5 Å². The first kappa shape index (κ1) is 13.1. The van der Waals surface area contributed by atoms with Crippen molar-refractivity contribution in [3.63, 3.8) is 0 Å². The minimum atomic E-state index is 0.0524. The monoisotopic (exact) mass is 306 g/mol. The molecule has 94 valence electrons. The third kappa shape index (κ3) is 2.92. The van der Waals surface area contributed by atoms with Gasteiger partial charge in [-0.05, 0) is 54.8 Å². The van der Waals surface area contributed by atoms with Crippen molar-refractivity contribution in [2.75, 3.05) is 0 Å². The quantitative estimate of drug-likeness (QED) is 0.913. The normalized spacial score (nSPS) is 10.4. The topological polar surface area (TPSA) is 29.5 Å². The lowest BCUT2D eigenvalue weighted by molar-refractivity contribution is 0.281. The summed E-state index contributed by atoms with van der Waals surface area (Å²) in [4.78, 5) is 0. The fraction of sp³-hybridized carbons (Fsp3) is 0.200. The van der Waals surface area contributed by atoms with Crippen LogP contribution in [0.5, 0.6) is 11.5 Å². The fourth-order valence-corrected chi connectivity index (χ4v) is 1.99. The van der Waals surface area contributed by atoms with Crippen LogP contribution in [0.25, 0.3) is 0 Å². The molecule has 0 bridgehead atoms. The Labute approximate surface area is 115 Å². The molecule has 0 amide bonds. The second-order valence-corrected chi connectivity index (χ2v) is 5.07. The van der Waals surface area contributed by atoms with Crippen molar-refractivity contribution < 1.29 is 9.84 Å². The van der Waals surface area contributed by atoms with E-state index in [4.69, 9.17) is 9.84 Å². The van der Waals surface area contributed by atoms with Gasteiger partial charge >= 0.3 is 0 Å². The van der Waals surface area contributed by atoms with E-state index in [0.717, 1.165) is 32.7 Å². The first-order valence-corrected chi connectivity index (χ1v) is 6.54. The predicted molar refractivity (Wildman–Crippen MR) is 76.1 cm³/mol. The van der Waals surface area contributed by atoms with E-state index >= 15 is 0 Å². The highest BCUT2D eigenvalue weighted by Gasteiger charge is 2.04. The largest absolute Gasteiger partial charge is 0.457 e. The van der Waals surface area contributed by atoms with Crippen LogP contribution in [0.4, 0.5) is 0 Å². The summed E-state index contributed by atoms with van der Waals surface area (Å²) in [6.07, 6.45) is 0. The average molecular weight is 307 g/mol. The second kappa shape index (κ2) is 5.55. The Morgan fingerprint density at radius 2 is 1.56 bits per heavy atom. The molecular weight excluding hydrogens is 292 g/mol. The van der Waals surface area contributed by atoms with Crippen LogP contribution in [-0.2, 0) is 6.61 Å². The third-order valence-electron chi connectivity index (χ3n) is 2.75. The second-order valence-electron chi connectivity index (χ2n) is 4.28. The molecule has 0 unspecified atom stereocenters. The maximum atomic E-state index is 8.98. The number of benzene rings is 2. The van der Waals surface area contributed by atoms with E-state index < -0.39 is 0 Å². The first-order chi connectivity index (χ1) is 8.60. The lowest BCUT2D eigenvalue weighted by atomic mass is 10.1. The van der Waals surface area contributed by atoms with Gasteiger partial charge < -0.3 is 9.84 Å². The summed E-state index contributed by atoms with van der Waals surface area (Å²) in [5, 5.41) is 8.98. The molecule has 3 heteroatoms. The first-order valence-electron chi connectivity index (χ1n) is 5.74. The lowest BCUT2D eigenvalue weighted by Crippen LogP contribution is -1.89. The molecule has 0 aliphatic rings. The van der Waals surface area contributed by atoms with Gasteiger partial charge in [-0.25, -0.2) is 0 Å². The fourth-order valence-electron chi connectivity index (χ4n) is 1.76. The molecule has 2 aromatic rings. The number of aliphatic hydroxyl groups is 1. The minimum Gasteiger partial charge on any atom is -0.457 e. The Morgan fingerprint density at radius 1 is 1.00 bits per heavy atom. The molecule has 0 saturated heterocycles. The number of hydrogen-bond donors (Lipinski definition) is 1. The number of ether oxygens (including phenoxy) is 1. The Morgan fingerprint density at radius 3 is 2.06 bits per heavy atom. The van der Waals surface area contributed by atoms with E-state index in [1.807, 2.05) is 50.2 Å². The van der Waals surface area contributed by atoms with Crippen LogP contribution in [-0.4, -0.2) is 5.11 Å². The van der Waals surface area contributed by atoms with Crippen LogP contribution in [0.15, 0.2) is 40.9 Å². The highest BCUT2D eigenvalue weighted by atomic mass is 79.9. The SMILES string of the molecule is Cc1cc(Oc2ccc(CO)cc2)cc(C)c1Br. The Kier molecular flexibility index (Phi) is 4.04. The van der Waals surface area contributed by atoms with Gasteiger partial charge in [0, 0.05) is 4.47 Å². The highest BCUT2D eigenvalue weighted by Crippen LogP contribution is 2.29. The Hall–Kier alpha value is -1.32. The third-order valence-corrected chi connectivity index (χ3v) is 4.00. The van der Waals surface area contributed by atoms with E-state index in [2.05, 4.69) is 15.9 Å². The molecule has 0 aliphatic carbocycles. The molecule has 2 rings (SSSR count). The van der Waals surface area contributed by atoms with Crippen molar-refractivity contribution in [2.24, 2.45) is 0 Å². The molecule has 18 heavy (non-hydrogen) atoms. The summed E-state index contributed by atoms with van der Waals surface area (Å²) in [5.41, 5.74) is 3.18. The number of halogens is 1. The summed E-state index contributed by atoms with van der Waals surface area (Å²) in [7, 11) is 0. The standard InChI is InChI=1S/C15H15BrO2/c1-10-7-14(8-11(2)15(10)16)18-13-5-3-12(9-17)4-6-13/h3-8,17H,9H2,1-2H3. The molecular formula is C15H15BrO2. The highest BCUT2D eigenvalue weighted by molar-refractivity contribution is 9.10. The van der Waals surface area contributed by atoms with E-state index in [0.29, 0.717) is 0 Å². The van der Waals surface area contributed by atoms with E-state index in [9.17, 15) is 0 Å². The molecule has 0 atom stereocenters. The van der Waals surface area contributed by atoms with Crippen molar-refractivity contribution in [1.82, 2.24) is 0 Å². The molecule has 0 fully saturated rings. The zero-order valence-corrected chi connectivity index (χ0v) is 12.0. The molecule has 2 nitrogen and oxygen atoms in total. The maximum absolute atomic E-state index is 8.98. The summed E-state index contributed by atoms with van der Waals surface area (Å²) >= 11 is 3.53. The van der Waals surface area contributed by atoms with E-state index in [1.54, 1.807) is 0 Å². The van der Waals surface area contributed by atoms with Gasteiger partial charge in [-0.1, -0.05) is 28.1 Å². The number of hydrogen-bond acceptors (Lipinski definition) is 2. The summed E-state index contributed by atoms with van der Waals surface area (Å²) in [6, 6.07) is 11.4. The van der Waals surface area contributed by atoms with Crippen LogP contribution in [0.1, 0.15) is 16.7 Å². The van der Waals surface area contributed by atoms with Gasteiger partial charge in [-0.15, -0.1) is 0 Å². The van der Waals surface area contributed by atoms with Gasteiger partial charge in [0.2, 0.25) is 0 Å². The van der Waals surface area contributed by atoms with E-state index in [1.165, 1.54) is 0 Å². The molecule has 0 saturated carbocycles. The average Bonchev–Trinajstić information content (AvgIpc) is 2.37. The predicted octanol–water partition coefficient (Wildman–Crippen LogP) is 4.35. The number of rotatable bonds is 3. The Bertz CT molecular complexity index is 524. The van der Waals surface area contributed by atoms with Crippen LogP contribution in [0.3, 0.4) is 0 Å². The summed E-state index contributed by atoms with van der Waals surface area (Å²) < 4.78 is 6.91. The maximum Gasteiger partial charge on any atom is 0.128 e. The lowest BCUT2D eigenvalue weighted by Gasteiger charge is -2.10. The van der Waals surface area contributed by atoms with Gasteiger partial charge in [0.15, 0.2) is 0 Å². The Balaban J connectivity index is 2.23. The molecule has 0 aromatic heterocycles. The molecule has 1 N–H and O–H groups in total. The summed E-state index contributed by atoms with van der Waals surface area (Å²) in [6.45, 7) is 4.13. The van der Waals surface area contributed by atoms with Crippen molar-refractivity contribution in [1.29, 1.82) is 0 Å². The van der Waals surface area contributed by atoms with Crippen LogP contribution in [0.2, 0.25) is 0 Å². The van der Waals surface area contributed by atoms with Crippen LogP contribution >= 0.6 is 15.9 Å². The smallest absolute Gasteiger partial charge is 0.128 e. The minimum absolute atomic E-state index is 0.0524. The number of aryl methyl sites for hydroxylation is 2. The molecule has 0 heterocycles. The zero-order valence-electron chi connectivity index (χ0n) is 10.4. The van der Waals surface area contributed by atoms with Gasteiger partial charge in [0.05, 0.1) is 6.61 Å². The van der Waals surface area contributed by atoms with Gasteiger partial charge in [-0.3, -0.25) is 0 Å². The molecule has 0 aliphatic heterocycles. The van der Waals surface area contributed by atoms with E-state index in [-0.39, 0.29) is 6.61 Å². The molecule has 2 aromatic carbocycles. The van der Waals surface area contributed by atoms with Crippen LogP contribution in [0, 0.1) is 13.8 Å². The molecule has 0 spiro atoms. The zero-order chi connectivity index (χ0) is 13.1. The number of aliphatic hydroxyl groups excluding tert-OH is 1. The van der Waals surface area contributed by atoms with Gasteiger partial charge in [-0.2, -0.15) is 0 Å². The van der Waals surface area contributed by atoms with Crippen LogP contribution < -0.4 is 4.74 Å². The van der Waals surface area contributed by atoms with Crippen molar-refractivity contribution in [2.45, 2.75) is 20.5 Å². The van der Waals surface area contributed by atoms with Crippen molar-refractivity contribution in [3.05, 3.63) is 57.6 Å². The molecule has 0 radical (unpaired) electrons. The summed E-state index contributed by atoms with van der Waals surface area (Å²) in [5.74, 6) is 1.60. The van der Waals surface area contributed by atoms with Gasteiger partial charge in [0.25, 0.3) is 0 Å². The van der Waals surface area contributed by atoms with Crippen molar-refractivity contribution in [3.8, 4) is 11.5 Å².